The minimum atomic E-state index is -0.518. The summed E-state index contributed by atoms with van der Waals surface area (Å²) in [5, 5.41) is 2.50. The van der Waals surface area contributed by atoms with Crippen LogP contribution in [-0.4, -0.2) is 0 Å². The molecular weight excluding hydrogens is 795 g/mol. The molecule has 0 fully saturated rings. The Labute approximate surface area is 387 Å². The van der Waals surface area contributed by atoms with E-state index in [2.05, 4.69) is 278 Å². The fraction of sp³-hybridized carbons (Fsp3) is 0.0154. The average molecular weight is 840 g/mol. The van der Waals surface area contributed by atoms with Crippen molar-refractivity contribution < 1.29 is 0 Å². The molecular formula is C65H45N. The molecule has 310 valence electrons. The summed E-state index contributed by atoms with van der Waals surface area (Å²) in [5.74, 6) is 0. The summed E-state index contributed by atoms with van der Waals surface area (Å²) >= 11 is 0. The Morgan fingerprint density at radius 3 is 1.39 bits per heavy atom. The molecule has 0 spiro atoms. The first-order valence-corrected chi connectivity index (χ1v) is 22.8. The first-order valence-electron chi connectivity index (χ1n) is 22.8. The molecule has 0 saturated carbocycles. The van der Waals surface area contributed by atoms with Crippen molar-refractivity contribution in [2.75, 3.05) is 4.90 Å². The quantitative estimate of drug-likeness (QED) is 0.140. The first kappa shape index (κ1) is 39.1. The Balaban J connectivity index is 1.03. The molecule has 1 aliphatic rings. The Morgan fingerprint density at radius 1 is 0.258 bits per heavy atom. The first-order chi connectivity index (χ1) is 32.7. The van der Waals surface area contributed by atoms with Crippen molar-refractivity contribution in [3.63, 3.8) is 0 Å². The third kappa shape index (κ3) is 6.64. The fourth-order valence-corrected chi connectivity index (χ4v) is 10.5. The second-order valence-corrected chi connectivity index (χ2v) is 17.2. The molecule has 66 heavy (non-hydrogen) atoms. The second-order valence-electron chi connectivity index (χ2n) is 17.2. The molecule has 0 radical (unpaired) electrons. The number of fused-ring (bicyclic) bond motifs is 4. The summed E-state index contributed by atoms with van der Waals surface area (Å²) in [6.45, 7) is 0. The van der Waals surface area contributed by atoms with Gasteiger partial charge in [0, 0.05) is 16.9 Å². The van der Waals surface area contributed by atoms with E-state index in [1.165, 1.54) is 83.1 Å². The monoisotopic (exact) mass is 839 g/mol. The highest BCUT2D eigenvalue weighted by atomic mass is 15.1. The van der Waals surface area contributed by atoms with Crippen molar-refractivity contribution in [2.45, 2.75) is 5.41 Å². The van der Waals surface area contributed by atoms with Crippen LogP contribution < -0.4 is 4.90 Å². The third-order valence-electron chi connectivity index (χ3n) is 13.6. The Hall–Kier alpha value is -8.52. The molecule has 0 unspecified atom stereocenters. The zero-order valence-corrected chi connectivity index (χ0v) is 36.4. The normalized spacial score (nSPS) is 12.4. The average Bonchev–Trinajstić information content (AvgIpc) is 3.71. The summed E-state index contributed by atoms with van der Waals surface area (Å²) in [6, 6.07) is 100. The number of anilines is 3. The van der Waals surface area contributed by atoms with Crippen LogP contribution >= 0.6 is 0 Å². The summed E-state index contributed by atoms with van der Waals surface area (Å²) < 4.78 is 0. The zero-order valence-electron chi connectivity index (χ0n) is 36.4. The smallest absolute Gasteiger partial charge is 0.0714 e. The van der Waals surface area contributed by atoms with Crippen molar-refractivity contribution in [3.8, 4) is 55.6 Å². The van der Waals surface area contributed by atoms with Crippen LogP contribution in [0.2, 0.25) is 0 Å². The van der Waals surface area contributed by atoms with Crippen LogP contribution in [0.25, 0.3) is 66.4 Å². The van der Waals surface area contributed by atoms with Crippen LogP contribution in [0.15, 0.2) is 273 Å². The predicted molar refractivity (Wildman–Crippen MR) is 278 cm³/mol. The van der Waals surface area contributed by atoms with E-state index in [1.54, 1.807) is 0 Å². The molecule has 0 heterocycles. The molecule has 0 N–H and O–H groups in total. The Morgan fingerprint density at radius 2 is 0.727 bits per heavy atom. The highest BCUT2D eigenvalue weighted by molar-refractivity contribution is 5.98. The van der Waals surface area contributed by atoms with Gasteiger partial charge in [-0.15, -0.1) is 0 Å². The zero-order chi connectivity index (χ0) is 43.9. The number of benzene rings is 11. The van der Waals surface area contributed by atoms with Crippen molar-refractivity contribution >= 4 is 27.8 Å². The van der Waals surface area contributed by atoms with Gasteiger partial charge in [0.05, 0.1) is 11.1 Å². The van der Waals surface area contributed by atoms with Gasteiger partial charge in [0.1, 0.15) is 0 Å². The standard InChI is InChI=1S/C65H45N/c1-4-19-49(20-5-1)58-28-12-13-29-59(58)50-40-42-56(43-41-50)66(57-27-16-22-52(45-57)47-34-36-48(37-35-47)53-39-38-46-18-10-11-21-51(46)44-53)63-33-17-32-62-64(63)60-30-14-15-31-61(60)65(62,54-23-6-2-7-24-54)55-25-8-3-9-26-55/h1-45H. The lowest BCUT2D eigenvalue weighted by molar-refractivity contribution is 0.768. The van der Waals surface area contributed by atoms with E-state index in [0.29, 0.717) is 0 Å². The van der Waals surface area contributed by atoms with Gasteiger partial charge >= 0.3 is 0 Å². The Kier molecular flexibility index (Phi) is 9.81. The molecule has 0 aromatic heterocycles. The molecule has 0 bridgehead atoms. The molecule has 1 heteroatoms. The molecule has 1 aliphatic carbocycles. The third-order valence-corrected chi connectivity index (χ3v) is 13.6. The van der Waals surface area contributed by atoms with Crippen molar-refractivity contribution in [3.05, 3.63) is 295 Å². The van der Waals surface area contributed by atoms with Crippen LogP contribution in [0.3, 0.4) is 0 Å². The summed E-state index contributed by atoms with van der Waals surface area (Å²) in [4.78, 5) is 2.47. The minimum Gasteiger partial charge on any atom is -0.310 e. The van der Waals surface area contributed by atoms with Crippen LogP contribution in [-0.2, 0) is 5.41 Å². The van der Waals surface area contributed by atoms with Gasteiger partial charge in [-0.3, -0.25) is 0 Å². The van der Waals surface area contributed by atoms with Gasteiger partial charge in [-0.2, -0.15) is 0 Å². The second kappa shape index (κ2) is 16.6. The largest absolute Gasteiger partial charge is 0.310 e. The van der Waals surface area contributed by atoms with E-state index < -0.39 is 5.41 Å². The van der Waals surface area contributed by atoms with E-state index in [0.717, 1.165) is 22.6 Å². The Bertz CT molecular complexity index is 3460. The molecule has 0 amide bonds. The summed E-state index contributed by atoms with van der Waals surface area (Å²) in [7, 11) is 0. The topological polar surface area (TPSA) is 3.24 Å². The maximum Gasteiger partial charge on any atom is 0.0714 e. The maximum absolute atomic E-state index is 2.47. The lowest BCUT2D eigenvalue weighted by Crippen LogP contribution is -2.28. The van der Waals surface area contributed by atoms with Crippen molar-refractivity contribution in [1.29, 1.82) is 0 Å². The van der Waals surface area contributed by atoms with Gasteiger partial charge < -0.3 is 4.90 Å². The SMILES string of the molecule is c1ccc(-c2ccccc2-c2ccc(N(c3cccc(-c4ccc(-c5ccc6ccccc6c5)cc4)c3)c3cccc4c3-c3ccccc3C4(c3ccccc3)c3ccccc3)cc2)cc1. The van der Waals surface area contributed by atoms with Crippen LogP contribution in [0, 0.1) is 0 Å². The molecule has 0 saturated heterocycles. The lowest BCUT2D eigenvalue weighted by atomic mass is 9.68. The molecule has 1 nitrogen and oxygen atoms in total. The predicted octanol–water partition coefficient (Wildman–Crippen LogP) is 17.3. The van der Waals surface area contributed by atoms with Crippen LogP contribution in [0.4, 0.5) is 17.1 Å². The summed E-state index contributed by atoms with van der Waals surface area (Å²) in [6.07, 6.45) is 0. The van der Waals surface area contributed by atoms with Gasteiger partial charge in [0.2, 0.25) is 0 Å². The van der Waals surface area contributed by atoms with Crippen molar-refractivity contribution in [2.24, 2.45) is 0 Å². The number of hydrogen-bond donors (Lipinski definition) is 0. The van der Waals surface area contributed by atoms with Crippen molar-refractivity contribution in [1.82, 2.24) is 0 Å². The molecule has 12 rings (SSSR count). The van der Waals surface area contributed by atoms with Gasteiger partial charge in [0.25, 0.3) is 0 Å². The number of hydrogen-bond acceptors (Lipinski definition) is 1. The van der Waals surface area contributed by atoms with Gasteiger partial charge in [-0.05, 0) is 119 Å². The van der Waals surface area contributed by atoms with Crippen LogP contribution in [0.5, 0.6) is 0 Å². The van der Waals surface area contributed by atoms with E-state index in [9.17, 15) is 0 Å². The highest BCUT2D eigenvalue weighted by Crippen LogP contribution is 2.59. The van der Waals surface area contributed by atoms with E-state index in [1.807, 2.05) is 0 Å². The van der Waals surface area contributed by atoms with Gasteiger partial charge in [-0.25, -0.2) is 0 Å². The number of nitrogens with zero attached hydrogens (tertiary/aromatic N) is 1. The summed E-state index contributed by atoms with van der Waals surface area (Å²) in [5.41, 5.74) is 19.9. The van der Waals surface area contributed by atoms with E-state index in [4.69, 9.17) is 0 Å². The minimum absolute atomic E-state index is 0.518. The molecule has 11 aromatic carbocycles. The van der Waals surface area contributed by atoms with Crippen LogP contribution in [0.1, 0.15) is 22.3 Å². The molecule has 0 atom stereocenters. The van der Waals surface area contributed by atoms with E-state index >= 15 is 0 Å². The van der Waals surface area contributed by atoms with E-state index in [-0.39, 0.29) is 0 Å². The fourth-order valence-electron chi connectivity index (χ4n) is 10.5. The van der Waals surface area contributed by atoms with Gasteiger partial charge in [0.15, 0.2) is 0 Å². The molecule has 11 aromatic rings. The van der Waals surface area contributed by atoms with Gasteiger partial charge in [-0.1, -0.05) is 237 Å². The molecule has 0 aliphatic heterocycles. The highest BCUT2D eigenvalue weighted by Gasteiger charge is 2.47. The maximum atomic E-state index is 2.47. The lowest BCUT2D eigenvalue weighted by Gasteiger charge is -2.34. The number of rotatable bonds is 9.